The summed E-state index contributed by atoms with van der Waals surface area (Å²) in [5, 5.41) is 41.2. The fourth-order valence-electron chi connectivity index (χ4n) is 11.0. The second-order valence-corrected chi connectivity index (χ2v) is 17.3. The molecule has 0 aromatic carbocycles. The van der Waals surface area contributed by atoms with Crippen LogP contribution in [0.15, 0.2) is 23.3 Å². The average molecular weight is 689 g/mol. The number of allylic oxidation sites excluding steroid dienone is 3. The van der Waals surface area contributed by atoms with Gasteiger partial charge >= 0.3 is 11.9 Å². The van der Waals surface area contributed by atoms with Gasteiger partial charge in [0.15, 0.2) is 0 Å². The molecule has 0 amide bonds. The second-order valence-electron chi connectivity index (χ2n) is 17.3. The largest absolute Gasteiger partial charge is 0.462 e. The van der Waals surface area contributed by atoms with Gasteiger partial charge in [0.25, 0.3) is 0 Å². The summed E-state index contributed by atoms with van der Waals surface area (Å²) in [4.78, 5) is 40.3. The van der Waals surface area contributed by atoms with E-state index in [1.54, 1.807) is 0 Å². The maximum Gasteiger partial charge on any atom is 0.311 e. The van der Waals surface area contributed by atoms with Crippen molar-refractivity contribution in [3.8, 4) is 0 Å². The van der Waals surface area contributed by atoms with Gasteiger partial charge in [-0.1, -0.05) is 71.8 Å². The zero-order valence-corrected chi connectivity index (χ0v) is 30.8. The Hall–Kier alpha value is -2.11. The summed E-state index contributed by atoms with van der Waals surface area (Å²) in [6.45, 7) is 20.2. The number of hydrogen-bond donors (Lipinski definition) is 4. The van der Waals surface area contributed by atoms with Crippen molar-refractivity contribution >= 4 is 17.7 Å². The summed E-state index contributed by atoms with van der Waals surface area (Å²) < 4.78 is 17.6. The Morgan fingerprint density at radius 1 is 0.959 bits per heavy atom. The Morgan fingerprint density at radius 2 is 1.63 bits per heavy atom. The number of ether oxygens (including phenoxy) is 3. The molecule has 1 heterocycles. The molecule has 1 aliphatic heterocycles. The van der Waals surface area contributed by atoms with Crippen LogP contribution in [0.3, 0.4) is 0 Å². The standard InChI is InChI=1S/C39H60O10/c1-20(2)21(3)10-11-23(34(46)49-35-33(45)32(44)31(43)27(19-40)48-35)30-26(47-22(4)41)18-39(9)25-12-13-28-36(5,6)29(42)15-16-37(28,7)24(25)14-17-38(30,39)8/h20,23,26-28,30-33,35,40,43-45H,3,10-19H2,1-2,4-9H3/t23-,26-,27-,28+,30+,31-,32+,33-,35+,37-,38-,39+/m1/s1. The van der Waals surface area contributed by atoms with Crippen molar-refractivity contribution in [3.63, 3.8) is 0 Å². The molecule has 0 spiro atoms. The maximum atomic E-state index is 14.5. The molecular formula is C39H60O10. The number of ketones is 1. The van der Waals surface area contributed by atoms with Gasteiger partial charge in [0.2, 0.25) is 6.29 Å². The van der Waals surface area contributed by atoms with Crippen LogP contribution in [0, 0.1) is 45.3 Å². The SMILES string of the molecule is C=C(CC[C@@H](C(=O)O[C@@H]1O[C@H](CO)[C@@H](O)[C@H](O)[C@H]1O)[C@H]1[C@H](OC(C)=O)C[C@@]2(C)C3=C(CC[C@]12C)[C@@]1(C)CCC(=O)C(C)(C)[C@@H]1CC3)C(C)C. The molecule has 10 nitrogen and oxygen atoms in total. The molecule has 12 atom stereocenters. The Balaban J connectivity index is 1.56. The normalized spacial score (nSPS) is 42.2. The Bertz CT molecular complexity index is 1360. The molecule has 0 bridgehead atoms. The van der Waals surface area contributed by atoms with Gasteiger partial charge in [0.1, 0.15) is 36.3 Å². The van der Waals surface area contributed by atoms with Gasteiger partial charge < -0.3 is 34.6 Å². The third-order valence-electron chi connectivity index (χ3n) is 14.3. The summed E-state index contributed by atoms with van der Waals surface area (Å²) in [6, 6.07) is 0. The van der Waals surface area contributed by atoms with Gasteiger partial charge in [-0.15, -0.1) is 0 Å². The van der Waals surface area contributed by atoms with Crippen molar-refractivity contribution in [1.82, 2.24) is 0 Å². The Labute approximate surface area is 291 Å². The number of esters is 2. The van der Waals surface area contributed by atoms with Crippen molar-refractivity contribution in [1.29, 1.82) is 0 Å². The first-order chi connectivity index (χ1) is 22.7. The molecule has 5 aliphatic rings. The molecule has 49 heavy (non-hydrogen) atoms. The van der Waals surface area contributed by atoms with E-state index in [9.17, 15) is 34.8 Å². The number of fused-ring (bicyclic) bond motifs is 4. The van der Waals surface area contributed by atoms with Gasteiger partial charge in [-0.25, -0.2) is 0 Å². The first-order valence-corrected chi connectivity index (χ1v) is 18.4. The van der Waals surface area contributed by atoms with Crippen LogP contribution in [-0.4, -0.2) is 81.6 Å². The third-order valence-corrected chi connectivity index (χ3v) is 14.3. The number of Topliss-reactive ketones (excluding diaryl/α,β-unsaturated/α-hetero) is 1. The molecule has 0 radical (unpaired) electrons. The number of aliphatic hydroxyl groups is 4. The first-order valence-electron chi connectivity index (χ1n) is 18.4. The highest BCUT2D eigenvalue weighted by atomic mass is 16.7. The van der Waals surface area contributed by atoms with E-state index in [0.717, 1.165) is 37.7 Å². The van der Waals surface area contributed by atoms with Gasteiger partial charge in [0.05, 0.1) is 12.5 Å². The smallest absolute Gasteiger partial charge is 0.311 e. The van der Waals surface area contributed by atoms with E-state index in [1.807, 2.05) is 13.8 Å². The van der Waals surface area contributed by atoms with E-state index < -0.39 is 83.4 Å². The van der Waals surface area contributed by atoms with Crippen molar-refractivity contribution in [2.24, 2.45) is 45.3 Å². The van der Waals surface area contributed by atoms with Crippen LogP contribution in [0.25, 0.3) is 0 Å². The van der Waals surface area contributed by atoms with Crippen molar-refractivity contribution < 1.29 is 49.0 Å². The third kappa shape index (κ3) is 6.15. The Kier molecular flexibility index (Phi) is 10.5. The lowest BCUT2D eigenvalue weighted by Crippen LogP contribution is -2.60. The monoisotopic (exact) mass is 688 g/mol. The van der Waals surface area contributed by atoms with Gasteiger partial charge in [0, 0.05) is 24.7 Å². The molecule has 3 fully saturated rings. The minimum atomic E-state index is -1.73. The number of aliphatic hydroxyl groups excluding tert-OH is 4. The molecule has 0 unspecified atom stereocenters. The van der Waals surface area contributed by atoms with Crippen molar-refractivity contribution in [2.45, 2.75) is 150 Å². The molecule has 0 aromatic heterocycles. The van der Waals surface area contributed by atoms with Crippen LogP contribution in [0.1, 0.15) is 113 Å². The number of hydrogen-bond acceptors (Lipinski definition) is 10. The second kappa shape index (κ2) is 13.5. The van der Waals surface area contributed by atoms with Crippen LogP contribution in [0.2, 0.25) is 0 Å². The number of carbonyl (C=O) groups excluding carboxylic acids is 3. The summed E-state index contributed by atoms with van der Waals surface area (Å²) in [5.74, 6) is -1.53. The maximum absolute atomic E-state index is 14.5. The zero-order valence-electron chi connectivity index (χ0n) is 30.8. The molecule has 1 saturated heterocycles. The average Bonchev–Trinajstić information content (AvgIpc) is 3.25. The van der Waals surface area contributed by atoms with E-state index in [0.29, 0.717) is 31.5 Å². The molecular weight excluding hydrogens is 628 g/mol. The van der Waals surface area contributed by atoms with Crippen LogP contribution in [-0.2, 0) is 28.6 Å². The van der Waals surface area contributed by atoms with Crippen LogP contribution in [0.4, 0.5) is 0 Å². The lowest BCUT2D eigenvalue weighted by Gasteiger charge is -2.60. The van der Waals surface area contributed by atoms with Crippen LogP contribution in [0.5, 0.6) is 0 Å². The van der Waals surface area contributed by atoms with Gasteiger partial charge in [-0.2, -0.15) is 0 Å². The summed E-state index contributed by atoms with van der Waals surface area (Å²) in [5.41, 5.74) is 2.41. The minimum Gasteiger partial charge on any atom is -0.462 e. The van der Waals surface area contributed by atoms with E-state index >= 15 is 0 Å². The zero-order chi connectivity index (χ0) is 36.4. The fraction of sp³-hybridized carbons (Fsp3) is 0.821. The molecule has 2 saturated carbocycles. The molecule has 0 aromatic rings. The molecule has 4 N–H and O–H groups in total. The van der Waals surface area contributed by atoms with Gasteiger partial charge in [-0.3, -0.25) is 14.4 Å². The predicted octanol–water partition coefficient (Wildman–Crippen LogP) is 4.80. The predicted molar refractivity (Wildman–Crippen MR) is 182 cm³/mol. The van der Waals surface area contributed by atoms with E-state index in [4.69, 9.17) is 14.2 Å². The molecule has 276 valence electrons. The lowest BCUT2D eigenvalue weighted by atomic mass is 9.43. The van der Waals surface area contributed by atoms with Crippen LogP contribution < -0.4 is 0 Å². The van der Waals surface area contributed by atoms with E-state index in [1.165, 1.54) is 18.1 Å². The molecule has 4 aliphatic carbocycles. The molecule has 5 rings (SSSR count). The van der Waals surface area contributed by atoms with Crippen LogP contribution >= 0.6 is 0 Å². The Morgan fingerprint density at radius 3 is 2.24 bits per heavy atom. The summed E-state index contributed by atoms with van der Waals surface area (Å²) >= 11 is 0. The highest BCUT2D eigenvalue weighted by Gasteiger charge is 2.68. The topological polar surface area (TPSA) is 160 Å². The number of rotatable bonds is 9. The number of carbonyl (C=O) groups is 3. The highest BCUT2D eigenvalue weighted by molar-refractivity contribution is 5.86. The summed E-state index contributed by atoms with van der Waals surface area (Å²) in [7, 11) is 0. The van der Waals surface area contributed by atoms with Crippen molar-refractivity contribution in [2.75, 3.05) is 6.61 Å². The van der Waals surface area contributed by atoms with E-state index in [-0.39, 0.29) is 17.3 Å². The van der Waals surface area contributed by atoms with E-state index in [2.05, 4.69) is 41.2 Å². The molecule has 10 heteroatoms. The minimum absolute atomic E-state index is 0.110. The fourth-order valence-corrected chi connectivity index (χ4v) is 11.0. The quantitative estimate of drug-likeness (QED) is 0.196. The summed E-state index contributed by atoms with van der Waals surface area (Å²) in [6.07, 6.45) is -2.26. The van der Waals surface area contributed by atoms with Gasteiger partial charge in [-0.05, 0) is 79.4 Å². The highest BCUT2D eigenvalue weighted by Crippen LogP contribution is 2.72. The van der Waals surface area contributed by atoms with Crippen molar-refractivity contribution in [3.05, 3.63) is 23.3 Å². The lowest BCUT2D eigenvalue weighted by molar-refractivity contribution is -0.294. The first kappa shape index (κ1) is 38.1.